The van der Waals surface area contributed by atoms with E-state index in [1.165, 1.54) is 23.2 Å². The molecule has 0 aliphatic carbocycles. The van der Waals surface area contributed by atoms with E-state index in [1.54, 1.807) is 19.1 Å². The average Bonchev–Trinajstić information content (AvgIpc) is 3.25. The third-order valence-electron chi connectivity index (χ3n) is 5.11. The number of amides is 1. The highest BCUT2D eigenvalue weighted by atomic mass is 32.2. The molecule has 3 aromatic heterocycles. The Morgan fingerprint density at radius 2 is 2.06 bits per heavy atom. The van der Waals surface area contributed by atoms with Crippen LogP contribution in [0.5, 0.6) is 0 Å². The van der Waals surface area contributed by atoms with Gasteiger partial charge in [-0.25, -0.2) is 9.97 Å². The summed E-state index contributed by atoms with van der Waals surface area (Å²) in [7, 11) is 0. The maximum absolute atomic E-state index is 13.3. The van der Waals surface area contributed by atoms with Crippen LogP contribution in [0.15, 0.2) is 47.6 Å². The lowest BCUT2D eigenvalue weighted by Gasteiger charge is -2.20. The number of aromatic nitrogens is 3. The van der Waals surface area contributed by atoms with Crippen molar-refractivity contribution in [2.75, 3.05) is 17.2 Å². The minimum atomic E-state index is -4.60. The van der Waals surface area contributed by atoms with Gasteiger partial charge in [0.05, 0.1) is 22.6 Å². The number of hydrogen-bond acceptors (Lipinski definition) is 6. The van der Waals surface area contributed by atoms with Crippen molar-refractivity contribution in [3.63, 3.8) is 0 Å². The van der Waals surface area contributed by atoms with Gasteiger partial charge in [-0.3, -0.25) is 9.78 Å². The minimum absolute atomic E-state index is 0.0670. The number of fused-ring (bicyclic) bond motifs is 1. The smallest absolute Gasteiger partial charge is 0.417 e. The molecule has 0 bridgehead atoms. The van der Waals surface area contributed by atoms with Crippen LogP contribution in [-0.2, 0) is 23.8 Å². The molecule has 0 unspecified atom stereocenters. The molecule has 3 aromatic rings. The second-order valence-corrected chi connectivity index (χ2v) is 8.83. The zero-order chi connectivity index (χ0) is 23.8. The van der Waals surface area contributed by atoms with E-state index in [2.05, 4.69) is 15.0 Å². The van der Waals surface area contributed by atoms with Gasteiger partial charge < -0.3 is 9.45 Å². The van der Waals surface area contributed by atoms with Crippen molar-refractivity contribution in [3.8, 4) is 17.3 Å². The average molecular weight is 471 g/mol. The van der Waals surface area contributed by atoms with Crippen molar-refractivity contribution in [3.05, 3.63) is 65.4 Å². The zero-order valence-electron chi connectivity index (χ0n) is 17.3. The van der Waals surface area contributed by atoms with Crippen molar-refractivity contribution >= 4 is 22.8 Å². The van der Waals surface area contributed by atoms with E-state index in [1.807, 2.05) is 6.07 Å². The fourth-order valence-corrected chi connectivity index (χ4v) is 4.40. The molecule has 0 N–H and O–H groups in total. The lowest BCUT2D eigenvalue weighted by Crippen LogP contribution is -2.31. The highest BCUT2D eigenvalue weighted by Gasteiger charge is 2.36. The molecular weight excluding hydrogens is 455 g/mol. The molecule has 0 saturated heterocycles. The Morgan fingerprint density at radius 3 is 2.76 bits per heavy atom. The van der Waals surface area contributed by atoms with Crippen molar-refractivity contribution < 1.29 is 22.5 Å². The topological polar surface area (TPSA) is 106 Å². The largest absolute Gasteiger partial charge is 0.611 e. The Morgan fingerprint density at radius 1 is 1.27 bits per heavy atom. The van der Waals surface area contributed by atoms with E-state index in [0.29, 0.717) is 23.4 Å². The third-order valence-corrected chi connectivity index (χ3v) is 6.43. The van der Waals surface area contributed by atoms with Gasteiger partial charge in [-0.05, 0) is 36.3 Å². The fourth-order valence-electron chi connectivity index (χ4n) is 3.47. The second-order valence-electron chi connectivity index (χ2n) is 7.12. The lowest BCUT2D eigenvalue weighted by molar-refractivity contribution is -0.137. The summed E-state index contributed by atoms with van der Waals surface area (Å²) >= 11 is -1.59. The quantitative estimate of drug-likeness (QED) is 0.537. The summed E-state index contributed by atoms with van der Waals surface area (Å²) < 4.78 is 52.2. The van der Waals surface area contributed by atoms with Crippen LogP contribution in [0.3, 0.4) is 0 Å². The van der Waals surface area contributed by atoms with Crippen LogP contribution < -0.4 is 4.90 Å². The SMILES string of the molecule is CC[S@+]([O-])c1cc(-c2cccc(C#N)n2)cnc1C(=O)N1CCc2ncc(C(F)(F)F)cc21. The third kappa shape index (κ3) is 4.40. The number of carbonyl (C=O) groups is 1. The maximum atomic E-state index is 13.3. The number of anilines is 1. The van der Waals surface area contributed by atoms with Crippen LogP contribution >= 0.6 is 0 Å². The molecule has 11 heteroatoms. The molecule has 0 saturated carbocycles. The normalized spacial score (nSPS) is 14.0. The lowest BCUT2D eigenvalue weighted by atomic mass is 10.1. The first-order valence-electron chi connectivity index (χ1n) is 9.87. The van der Waals surface area contributed by atoms with Crippen LogP contribution in [0.25, 0.3) is 11.3 Å². The number of hydrogen-bond donors (Lipinski definition) is 0. The zero-order valence-corrected chi connectivity index (χ0v) is 18.1. The van der Waals surface area contributed by atoms with Crippen LogP contribution in [0.2, 0.25) is 0 Å². The molecular formula is C22H16F3N5O2S. The van der Waals surface area contributed by atoms with Gasteiger partial charge in [0.1, 0.15) is 17.5 Å². The summed E-state index contributed by atoms with van der Waals surface area (Å²) in [6.45, 7) is 1.81. The molecule has 1 aliphatic rings. The molecule has 1 atom stereocenters. The number of rotatable bonds is 4. The minimum Gasteiger partial charge on any atom is -0.611 e. The molecule has 1 aliphatic heterocycles. The van der Waals surface area contributed by atoms with E-state index in [-0.39, 0.29) is 34.3 Å². The summed E-state index contributed by atoms with van der Waals surface area (Å²) in [4.78, 5) is 26.9. The summed E-state index contributed by atoms with van der Waals surface area (Å²) in [5.74, 6) is -0.454. The van der Waals surface area contributed by atoms with Crippen LogP contribution in [0.1, 0.15) is 34.4 Å². The molecule has 0 radical (unpaired) electrons. The second kappa shape index (κ2) is 8.80. The van der Waals surface area contributed by atoms with Crippen LogP contribution in [0.4, 0.5) is 18.9 Å². The van der Waals surface area contributed by atoms with Gasteiger partial charge in [-0.15, -0.1) is 0 Å². The van der Waals surface area contributed by atoms with E-state index in [0.717, 1.165) is 12.3 Å². The summed E-state index contributed by atoms with van der Waals surface area (Å²) in [5.41, 5.74) is 0.447. The predicted molar refractivity (Wildman–Crippen MR) is 114 cm³/mol. The number of alkyl halides is 3. The van der Waals surface area contributed by atoms with Gasteiger partial charge >= 0.3 is 6.18 Å². The molecule has 4 rings (SSSR count). The first kappa shape index (κ1) is 22.7. The van der Waals surface area contributed by atoms with Crippen molar-refractivity contribution in [1.82, 2.24) is 15.0 Å². The van der Waals surface area contributed by atoms with Gasteiger partial charge in [0, 0.05) is 37.0 Å². The van der Waals surface area contributed by atoms with Gasteiger partial charge in [0.2, 0.25) is 0 Å². The summed E-state index contributed by atoms with van der Waals surface area (Å²) in [6.07, 6.45) is -2.18. The number of nitrogens with zero attached hydrogens (tertiary/aromatic N) is 5. The molecule has 4 heterocycles. The summed E-state index contributed by atoms with van der Waals surface area (Å²) in [5, 5.41) is 9.08. The predicted octanol–water partition coefficient (Wildman–Crippen LogP) is 3.76. The number of pyridine rings is 3. The Hall–Kier alpha value is -3.49. The Balaban J connectivity index is 1.75. The maximum Gasteiger partial charge on any atom is 0.417 e. The summed E-state index contributed by atoms with van der Waals surface area (Å²) in [6, 6.07) is 9.18. The molecule has 168 valence electrons. The molecule has 7 nitrogen and oxygen atoms in total. The van der Waals surface area contributed by atoms with E-state index >= 15 is 0 Å². The highest BCUT2D eigenvalue weighted by Crippen LogP contribution is 2.36. The van der Waals surface area contributed by atoms with E-state index < -0.39 is 28.8 Å². The molecule has 33 heavy (non-hydrogen) atoms. The molecule has 0 aromatic carbocycles. The number of carbonyl (C=O) groups excluding carboxylic acids is 1. The van der Waals surface area contributed by atoms with E-state index in [9.17, 15) is 22.5 Å². The first-order valence-corrected chi connectivity index (χ1v) is 11.2. The van der Waals surface area contributed by atoms with Crippen LogP contribution in [0, 0.1) is 11.3 Å². The molecule has 0 fully saturated rings. The Labute approximate surface area is 190 Å². The monoisotopic (exact) mass is 471 g/mol. The van der Waals surface area contributed by atoms with Crippen molar-refractivity contribution in [1.29, 1.82) is 5.26 Å². The number of nitriles is 1. The van der Waals surface area contributed by atoms with Gasteiger partial charge in [0.25, 0.3) is 5.91 Å². The first-order chi connectivity index (χ1) is 15.7. The van der Waals surface area contributed by atoms with Crippen molar-refractivity contribution in [2.45, 2.75) is 24.4 Å². The van der Waals surface area contributed by atoms with Gasteiger partial charge in [-0.1, -0.05) is 6.07 Å². The van der Waals surface area contributed by atoms with Crippen LogP contribution in [-0.4, -0.2) is 37.7 Å². The van der Waals surface area contributed by atoms with Gasteiger partial charge in [0.15, 0.2) is 10.6 Å². The Kier molecular flexibility index (Phi) is 6.05. The van der Waals surface area contributed by atoms with Gasteiger partial charge in [-0.2, -0.15) is 18.4 Å². The number of halogens is 3. The Bertz CT molecular complexity index is 1280. The van der Waals surface area contributed by atoms with E-state index in [4.69, 9.17) is 5.26 Å². The standard InChI is InChI=1S/C22H16F3N5O2S/c1-2-33(32)19-8-13(16-5-3-4-15(10-26)29-16)11-28-20(19)21(31)30-7-6-17-18(30)9-14(12-27-17)22(23,24)25/h3-5,8-9,11-12H,2,6-7H2,1H3/t33-/m0/s1. The molecule has 0 spiro atoms. The van der Waals surface area contributed by atoms with Crippen molar-refractivity contribution in [2.24, 2.45) is 0 Å². The highest BCUT2D eigenvalue weighted by molar-refractivity contribution is 7.91. The fraction of sp³-hybridized carbons (Fsp3) is 0.227. The molecule has 1 amide bonds.